The Morgan fingerprint density at radius 3 is 2.52 bits per heavy atom. The third kappa shape index (κ3) is 4.38. The molecule has 0 radical (unpaired) electrons. The van der Waals surface area contributed by atoms with E-state index in [1.807, 2.05) is 6.92 Å². The Labute approximate surface area is 158 Å². The summed E-state index contributed by atoms with van der Waals surface area (Å²) >= 11 is 0. The third-order valence-electron chi connectivity index (χ3n) is 4.04. The summed E-state index contributed by atoms with van der Waals surface area (Å²) in [5.41, 5.74) is 2.07. The average Bonchev–Trinajstić information content (AvgIpc) is 3.13. The van der Waals surface area contributed by atoms with E-state index in [-0.39, 0.29) is 22.7 Å². The molecule has 0 spiro atoms. The number of carbonyl (C=O) groups excluding carboxylic acids is 1. The monoisotopic (exact) mass is 384 g/mol. The van der Waals surface area contributed by atoms with Crippen LogP contribution in [0.3, 0.4) is 0 Å². The van der Waals surface area contributed by atoms with Gasteiger partial charge in [0.2, 0.25) is 0 Å². The van der Waals surface area contributed by atoms with Crippen molar-refractivity contribution in [1.82, 2.24) is 5.32 Å². The highest BCUT2D eigenvalue weighted by Crippen LogP contribution is 2.23. The van der Waals surface area contributed by atoms with Gasteiger partial charge in [-0.05, 0) is 49.7 Å². The molecule has 2 aromatic carbocycles. The van der Waals surface area contributed by atoms with Crippen LogP contribution in [-0.4, -0.2) is 14.3 Å². The second-order valence-electron chi connectivity index (χ2n) is 6.18. The van der Waals surface area contributed by atoms with Crippen molar-refractivity contribution in [1.29, 1.82) is 0 Å². The van der Waals surface area contributed by atoms with Gasteiger partial charge >= 0.3 is 0 Å². The van der Waals surface area contributed by atoms with E-state index in [2.05, 4.69) is 10.0 Å². The predicted octanol–water partition coefficient (Wildman–Crippen LogP) is 3.63. The van der Waals surface area contributed by atoms with E-state index < -0.39 is 15.9 Å². The second kappa shape index (κ2) is 7.67. The van der Waals surface area contributed by atoms with Crippen LogP contribution in [0.25, 0.3) is 0 Å². The minimum Gasteiger partial charge on any atom is -0.467 e. The number of aryl methyl sites for hydroxylation is 2. The van der Waals surface area contributed by atoms with Gasteiger partial charge in [0, 0.05) is 0 Å². The number of hydrogen-bond acceptors (Lipinski definition) is 4. The molecule has 0 saturated carbocycles. The molecule has 1 heterocycles. The van der Waals surface area contributed by atoms with Gasteiger partial charge in [0.15, 0.2) is 0 Å². The molecule has 1 amide bonds. The highest BCUT2D eigenvalue weighted by Gasteiger charge is 2.20. The van der Waals surface area contributed by atoms with Crippen LogP contribution in [0.4, 0.5) is 5.69 Å². The molecule has 0 aliphatic rings. The lowest BCUT2D eigenvalue weighted by atomic mass is 10.1. The molecular formula is C20H20N2O4S. The number of rotatable bonds is 6. The van der Waals surface area contributed by atoms with Crippen LogP contribution in [0.5, 0.6) is 0 Å². The first kappa shape index (κ1) is 18.7. The maximum absolute atomic E-state index is 12.8. The van der Waals surface area contributed by atoms with Crippen LogP contribution < -0.4 is 10.0 Å². The van der Waals surface area contributed by atoms with Gasteiger partial charge in [-0.2, -0.15) is 0 Å². The third-order valence-corrected chi connectivity index (χ3v) is 5.56. The van der Waals surface area contributed by atoms with Gasteiger partial charge in [-0.3, -0.25) is 9.52 Å². The lowest BCUT2D eigenvalue weighted by Crippen LogP contribution is -2.25. The van der Waals surface area contributed by atoms with Crippen molar-refractivity contribution in [2.75, 3.05) is 4.72 Å². The van der Waals surface area contributed by atoms with Gasteiger partial charge in [0.25, 0.3) is 15.9 Å². The first-order valence-corrected chi connectivity index (χ1v) is 9.85. The molecule has 6 nitrogen and oxygen atoms in total. The first-order valence-electron chi connectivity index (χ1n) is 8.36. The zero-order valence-corrected chi connectivity index (χ0v) is 15.8. The van der Waals surface area contributed by atoms with Crippen molar-refractivity contribution in [3.05, 3.63) is 83.3 Å². The smallest absolute Gasteiger partial charge is 0.262 e. The summed E-state index contributed by atoms with van der Waals surface area (Å²) in [7, 11) is -3.82. The van der Waals surface area contributed by atoms with E-state index in [0.717, 1.165) is 5.56 Å². The fraction of sp³-hybridized carbons (Fsp3) is 0.150. The van der Waals surface area contributed by atoms with Crippen LogP contribution in [0.1, 0.15) is 27.2 Å². The molecule has 1 aromatic heterocycles. The number of nitrogens with one attached hydrogen (secondary N) is 2. The molecule has 0 saturated heterocycles. The largest absolute Gasteiger partial charge is 0.467 e. The van der Waals surface area contributed by atoms with Crippen LogP contribution >= 0.6 is 0 Å². The van der Waals surface area contributed by atoms with Gasteiger partial charge in [0.1, 0.15) is 5.76 Å². The summed E-state index contributed by atoms with van der Waals surface area (Å²) in [4.78, 5) is 12.7. The summed E-state index contributed by atoms with van der Waals surface area (Å²) in [6.45, 7) is 3.85. The normalized spacial score (nSPS) is 11.2. The lowest BCUT2D eigenvalue weighted by Gasteiger charge is -2.14. The summed E-state index contributed by atoms with van der Waals surface area (Å²) in [5.74, 6) is 0.210. The molecule has 0 atom stereocenters. The number of anilines is 1. The Bertz CT molecular complexity index is 1060. The fourth-order valence-corrected chi connectivity index (χ4v) is 4.05. The van der Waals surface area contributed by atoms with Crippen LogP contribution in [0.15, 0.2) is 70.2 Å². The van der Waals surface area contributed by atoms with Gasteiger partial charge in [-0.1, -0.05) is 29.8 Å². The van der Waals surface area contributed by atoms with Crippen LogP contribution in [0, 0.1) is 13.8 Å². The maximum atomic E-state index is 12.8. The van der Waals surface area contributed by atoms with E-state index in [9.17, 15) is 13.2 Å². The van der Waals surface area contributed by atoms with Gasteiger partial charge in [0.05, 0.1) is 29.0 Å². The Morgan fingerprint density at radius 2 is 1.81 bits per heavy atom. The number of benzene rings is 2. The summed E-state index contributed by atoms with van der Waals surface area (Å²) in [6.07, 6.45) is 1.52. The van der Waals surface area contributed by atoms with Crippen LogP contribution in [-0.2, 0) is 16.6 Å². The van der Waals surface area contributed by atoms with Crippen molar-refractivity contribution in [2.45, 2.75) is 25.3 Å². The maximum Gasteiger partial charge on any atom is 0.262 e. The van der Waals surface area contributed by atoms with Crippen molar-refractivity contribution in [3.8, 4) is 0 Å². The summed E-state index contributed by atoms with van der Waals surface area (Å²) in [6, 6.07) is 15.1. The zero-order valence-electron chi connectivity index (χ0n) is 15.0. The SMILES string of the molecule is Cc1ccc(S(=O)(=O)Nc2ccccc2C(=O)NCc2ccco2)c(C)c1. The molecule has 0 bridgehead atoms. The Balaban J connectivity index is 1.84. The molecular weight excluding hydrogens is 364 g/mol. The predicted molar refractivity (Wildman–Crippen MR) is 103 cm³/mol. The number of para-hydroxylation sites is 1. The second-order valence-corrected chi connectivity index (χ2v) is 7.83. The van der Waals surface area contributed by atoms with Crippen molar-refractivity contribution >= 4 is 21.6 Å². The van der Waals surface area contributed by atoms with Gasteiger partial charge < -0.3 is 9.73 Å². The standard InChI is InChI=1S/C20H20N2O4S/c1-14-9-10-19(15(2)12-14)27(24,25)22-18-8-4-3-7-17(18)20(23)21-13-16-6-5-11-26-16/h3-12,22H,13H2,1-2H3,(H,21,23). The number of amides is 1. The fourth-order valence-electron chi connectivity index (χ4n) is 2.75. The first-order chi connectivity index (χ1) is 12.9. The van der Waals surface area contributed by atoms with Gasteiger partial charge in [-0.25, -0.2) is 8.42 Å². The highest BCUT2D eigenvalue weighted by atomic mass is 32.2. The number of hydrogen-bond donors (Lipinski definition) is 2. The molecule has 27 heavy (non-hydrogen) atoms. The molecule has 0 unspecified atom stereocenters. The van der Waals surface area contributed by atoms with Crippen LogP contribution in [0.2, 0.25) is 0 Å². The molecule has 2 N–H and O–H groups in total. The van der Waals surface area contributed by atoms with E-state index >= 15 is 0 Å². The topological polar surface area (TPSA) is 88.4 Å². The minimum absolute atomic E-state index is 0.180. The van der Waals surface area contributed by atoms with Gasteiger partial charge in [-0.15, -0.1) is 0 Å². The zero-order chi connectivity index (χ0) is 19.4. The van der Waals surface area contributed by atoms with Crippen molar-refractivity contribution in [3.63, 3.8) is 0 Å². The average molecular weight is 384 g/mol. The molecule has 0 aliphatic carbocycles. The number of furan rings is 1. The van der Waals surface area contributed by atoms with E-state index in [1.54, 1.807) is 61.5 Å². The van der Waals surface area contributed by atoms with E-state index in [0.29, 0.717) is 11.3 Å². The van der Waals surface area contributed by atoms with E-state index in [1.165, 1.54) is 6.26 Å². The molecule has 3 rings (SSSR count). The molecule has 140 valence electrons. The molecule has 3 aromatic rings. The highest BCUT2D eigenvalue weighted by molar-refractivity contribution is 7.92. The number of sulfonamides is 1. The minimum atomic E-state index is -3.82. The number of carbonyl (C=O) groups is 1. The summed E-state index contributed by atoms with van der Waals surface area (Å²) in [5, 5.41) is 2.72. The quantitative estimate of drug-likeness (QED) is 0.679. The Morgan fingerprint density at radius 1 is 1.04 bits per heavy atom. The molecule has 7 heteroatoms. The van der Waals surface area contributed by atoms with Crippen molar-refractivity contribution in [2.24, 2.45) is 0 Å². The Hall–Kier alpha value is -3.06. The van der Waals surface area contributed by atoms with E-state index in [4.69, 9.17) is 4.42 Å². The molecule has 0 fully saturated rings. The van der Waals surface area contributed by atoms with Crippen molar-refractivity contribution < 1.29 is 17.6 Å². The molecule has 0 aliphatic heterocycles. The Kier molecular flexibility index (Phi) is 5.32. The lowest BCUT2D eigenvalue weighted by molar-refractivity contribution is 0.0949. The summed E-state index contributed by atoms with van der Waals surface area (Å²) < 4.78 is 33.3.